The average Bonchev–Trinajstić information content (AvgIpc) is 2.68. The second-order valence-electron chi connectivity index (χ2n) is 8.04. The molecule has 7 heteroatoms. The molecular formula is C21H32N2O5. The molecule has 0 aromatic carbocycles. The molecule has 0 heterocycles. The molecule has 2 rings (SSSR count). The van der Waals surface area contributed by atoms with Crippen molar-refractivity contribution in [2.45, 2.75) is 76.8 Å². The van der Waals surface area contributed by atoms with Gasteiger partial charge in [-0.3, -0.25) is 0 Å². The van der Waals surface area contributed by atoms with Crippen LogP contribution in [0.4, 0.5) is 4.79 Å². The zero-order valence-corrected chi connectivity index (χ0v) is 16.8. The summed E-state index contributed by atoms with van der Waals surface area (Å²) in [6.07, 6.45) is 10.9. The van der Waals surface area contributed by atoms with Crippen LogP contribution in [0, 0.1) is 11.8 Å². The highest BCUT2D eigenvalue weighted by atomic mass is 16.6. The minimum atomic E-state index is -0.479. The minimum Gasteiger partial charge on any atom is -0.459 e. The second-order valence-corrected chi connectivity index (χ2v) is 8.04. The van der Waals surface area contributed by atoms with Gasteiger partial charge in [-0.1, -0.05) is 6.58 Å². The summed E-state index contributed by atoms with van der Waals surface area (Å²) >= 11 is 0. The number of hydrogen-bond donors (Lipinski definition) is 1. The molecule has 2 fully saturated rings. The van der Waals surface area contributed by atoms with Crippen molar-refractivity contribution in [1.29, 1.82) is 0 Å². The van der Waals surface area contributed by atoms with Crippen molar-refractivity contribution >= 4 is 18.1 Å². The smallest absolute Gasteiger partial charge is 0.407 e. The van der Waals surface area contributed by atoms with E-state index in [-0.39, 0.29) is 25.3 Å². The highest BCUT2D eigenvalue weighted by molar-refractivity contribution is 5.86. The van der Waals surface area contributed by atoms with Crippen LogP contribution < -0.4 is 5.32 Å². The summed E-state index contributed by atoms with van der Waals surface area (Å²) in [5, 5.41) is 2.91. The van der Waals surface area contributed by atoms with Gasteiger partial charge in [-0.15, -0.1) is 0 Å². The third kappa shape index (κ3) is 7.85. The van der Waals surface area contributed by atoms with Gasteiger partial charge in [-0.05, 0) is 76.5 Å². The van der Waals surface area contributed by atoms with Crippen LogP contribution in [-0.2, 0) is 19.1 Å². The van der Waals surface area contributed by atoms with Gasteiger partial charge in [-0.2, -0.15) is 0 Å². The van der Waals surface area contributed by atoms with Crippen molar-refractivity contribution in [2.24, 2.45) is 16.8 Å². The van der Waals surface area contributed by atoms with E-state index in [4.69, 9.17) is 9.47 Å². The van der Waals surface area contributed by atoms with Gasteiger partial charge in [-0.25, -0.2) is 19.4 Å². The monoisotopic (exact) mass is 392 g/mol. The molecule has 0 aromatic heterocycles. The Kier molecular flexibility index (Phi) is 9.21. The molecule has 0 radical (unpaired) electrons. The molecule has 28 heavy (non-hydrogen) atoms. The van der Waals surface area contributed by atoms with E-state index >= 15 is 0 Å². The first-order valence-corrected chi connectivity index (χ1v) is 10.3. The summed E-state index contributed by atoms with van der Waals surface area (Å²) in [5.41, 5.74) is 0.323. The highest BCUT2D eigenvalue weighted by Gasteiger charge is 2.27. The molecule has 1 amide bonds. The second kappa shape index (κ2) is 11.6. The molecule has 7 nitrogen and oxygen atoms in total. The molecule has 0 bridgehead atoms. The van der Waals surface area contributed by atoms with Gasteiger partial charge in [0.15, 0.2) is 0 Å². The van der Waals surface area contributed by atoms with E-state index in [1.807, 2.05) is 0 Å². The SMILES string of the molecule is C=C(C)C(=O)OCCOC(=O)NC1CCC(CC2CCC(N=C=O)CC2)CC1. The van der Waals surface area contributed by atoms with Crippen LogP contribution in [-0.4, -0.2) is 43.4 Å². The van der Waals surface area contributed by atoms with E-state index < -0.39 is 12.1 Å². The van der Waals surface area contributed by atoms with E-state index in [0.29, 0.717) is 11.5 Å². The zero-order chi connectivity index (χ0) is 20.4. The molecule has 0 unspecified atom stereocenters. The predicted molar refractivity (Wildman–Crippen MR) is 104 cm³/mol. The van der Waals surface area contributed by atoms with Crippen LogP contribution in [0.5, 0.6) is 0 Å². The Balaban J connectivity index is 1.55. The lowest BCUT2D eigenvalue weighted by molar-refractivity contribution is -0.139. The number of rotatable bonds is 8. The molecule has 0 saturated heterocycles. The highest BCUT2D eigenvalue weighted by Crippen LogP contribution is 2.36. The Bertz CT molecular complexity index is 584. The van der Waals surface area contributed by atoms with Crippen molar-refractivity contribution in [1.82, 2.24) is 5.32 Å². The maximum Gasteiger partial charge on any atom is 0.407 e. The molecule has 0 aliphatic heterocycles. The summed E-state index contributed by atoms with van der Waals surface area (Å²) in [6.45, 7) is 5.13. The fourth-order valence-electron chi connectivity index (χ4n) is 4.20. The molecule has 1 N–H and O–H groups in total. The van der Waals surface area contributed by atoms with Gasteiger partial charge in [0, 0.05) is 11.6 Å². The number of nitrogens with zero attached hydrogens (tertiary/aromatic N) is 1. The van der Waals surface area contributed by atoms with E-state index in [2.05, 4.69) is 16.9 Å². The van der Waals surface area contributed by atoms with Crippen LogP contribution in [0.25, 0.3) is 0 Å². The van der Waals surface area contributed by atoms with Crippen LogP contribution in [0.3, 0.4) is 0 Å². The fourth-order valence-corrected chi connectivity index (χ4v) is 4.20. The predicted octanol–water partition coefficient (Wildman–Crippen LogP) is 3.68. The Labute approximate surface area is 166 Å². The van der Waals surface area contributed by atoms with Gasteiger partial charge in [0.2, 0.25) is 6.08 Å². The Morgan fingerprint density at radius 1 is 1.00 bits per heavy atom. The number of ether oxygens (including phenoxy) is 2. The van der Waals surface area contributed by atoms with Crippen LogP contribution in [0.2, 0.25) is 0 Å². The number of carbonyl (C=O) groups excluding carboxylic acids is 3. The number of isocyanates is 1. The zero-order valence-electron chi connectivity index (χ0n) is 16.8. The lowest BCUT2D eigenvalue weighted by Gasteiger charge is -2.33. The maximum atomic E-state index is 11.8. The first-order chi connectivity index (χ1) is 13.5. The molecule has 0 atom stereocenters. The Morgan fingerprint density at radius 3 is 2.14 bits per heavy atom. The largest absolute Gasteiger partial charge is 0.459 e. The van der Waals surface area contributed by atoms with Gasteiger partial charge >= 0.3 is 12.1 Å². The lowest BCUT2D eigenvalue weighted by Crippen LogP contribution is -2.38. The quantitative estimate of drug-likeness (QED) is 0.224. The van der Waals surface area contributed by atoms with Crippen LogP contribution in [0.15, 0.2) is 17.1 Å². The van der Waals surface area contributed by atoms with E-state index in [1.54, 1.807) is 13.0 Å². The van der Waals surface area contributed by atoms with Crippen LogP contribution in [0.1, 0.15) is 64.7 Å². The third-order valence-electron chi connectivity index (χ3n) is 5.79. The summed E-state index contributed by atoms with van der Waals surface area (Å²) in [4.78, 5) is 37.3. The number of carbonyl (C=O) groups is 2. The number of nitrogens with one attached hydrogen (secondary N) is 1. The lowest BCUT2D eigenvalue weighted by atomic mass is 9.76. The number of alkyl carbamates (subject to hydrolysis) is 1. The molecule has 156 valence electrons. The van der Waals surface area contributed by atoms with E-state index in [0.717, 1.165) is 57.3 Å². The maximum absolute atomic E-state index is 11.8. The van der Waals surface area contributed by atoms with Gasteiger partial charge in [0.1, 0.15) is 13.2 Å². The topological polar surface area (TPSA) is 94.1 Å². The first kappa shape index (κ1) is 22.2. The van der Waals surface area contributed by atoms with Crippen molar-refractivity contribution < 1.29 is 23.9 Å². The van der Waals surface area contributed by atoms with Gasteiger partial charge in [0.05, 0.1) is 6.04 Å². The molecule has 2 saturated carbocycles. The van der Waals surface area contributed by atoms with Crippen molar-refractivity contribution in [3.05, 3.63) is 12.2 Å². The van der Waals surface area contributed by atoms with Crippen molar-refractivity contribution in [3.8, 4) is 0 Å². The number of amides is 1. The van der Waals surface area contributed by atoms with E-state index in [1.165, 1.54) is 6.42 Å². The van der Waals surface area contributed by atoms with Crippen molar-refractivity contribution in [3.63, 3.8) is 0 Å². The standard InChI is InChI=1S/C21H32N2O5/c1-15(2)20(25)27-11-12-28-21(26)23-19-9-5-17(6-10-19)13-16-3-7-18(8-4-16)22-14-24/h16-19H,1,3-13H2,2H3,(H,23,26). The molecule has 0 spiro atoms. The Hall–Kier alpha value is -2.14. The van der Waals surface area contributed by atoms with Gasteiger partial charge in [0.25, 0.3) is 0 Å². The van der Waals surface area contributed by atoms with Crippen molar-refractivity contribution in [2.75, 3.05) is 13.2 Å². The number of aliphatic imine (C=N–C) groups is 1. The third-order valence-corrected chi connectivity index (χ3v) is 5.79. The summed E-state index contributed by atoms with van der Waals surface area (Å²) in [6, 6.07) is 0.336. The fraction of sp³-hybridized carbons (Fsp3) is 0.762. The average molecular weight is 392 g/mol. The summed E-state index contributed by atoms with van der Waals surface area (Å²) < 4.78 is 9.94. The molecule has 2 aliphatic carbocycles. The Morgan fingerprint density at radius 2 is 1.57 bits per heavy atom. The number of hydrogen-bond acceptors (Lipinski definition) is 6. The van der Waals surface area contributed by atoms with Crippen LogP contribution >= 0.6 is 0 Å². The summed E-state index contributed by atoms with van der Waals surface area (Å²) in [5.74, 6) is 0.971. The molecular weight excluding hydrogens is 360 g/mol. The minimum absolute atomic E-state index is 0.0340. The first-order valence-electron chi connectivity index (χ1n) is 10.3. The number of esters is 1. The van der Waals surface area contributed by atoms with E-state index in [9.17, 15) is 14.4 Å². The molecule has 0 aromatic rings. The van der Waals surface area contributed by atoms with Gasteiger partial charge < -0.3 is 14.8 Å². The normalized spacial score (nSPS) is 27.2. The molecule has 2 aliphatic rings. The summed E-state index contributed by atoms with van der Waals surface area (Å²) in [7, 11) is 0.